The molecule has 0 aliphatic heterocycles. The third-order valence-electron chi connectivity index (χ3n) is 5.16. The second kappa shape index (κ2) is 12.3. The zero-order valence-corrected chi connectivity index (χ0v) is 23.6. The number of hydrogen-bond acceptors (Lipinski definition) is 5. The SMILES string of the molecule is Cc1cc(Br)ccc1NC(=O)CSc1nnc([C@H](CC(C)C)NC(=O)c2ccc(Cl)cc2Cl)n1C. The van der Waals surface area contributed by atoms with Gasteiger partial charge in [0.05, 0.1) is 22.4 Å². The van der Waals surface area contributed by atoms with Gasteiger partial charge in [-0.2, -0.15) is 0 Å². The molecule has 0 aliphatic rings. The van der Waals surface area contributed by atoms with Gasteiger partial charge >= 0.3 is 0 Å². The summed E-state index contributed by atoms with van der Waals surface area (Å²) in [5.41, 5.74) is 2.06. The third-order valence-corrected chi connectivity index (χ3v) is 7.22. The average molecular weight is 599 g/mol. The van der Waals surface area contributed by atoms with Crippen LogP contribution in [0.25, 0.3) is 0 Å². The fourth-order valence-corrected chi connectivity index (χ4v) is 5.14. The molecule has 0 saturated heterocycles. The van der Waals surface area contributed by atoms with Crippen LogP contribution >= 0.6 is 50.9 Å². The standard InChI is InChI=1S/C24H26BrCl2N5O2S/c1-13(2)9-20(29-23(34)17-7-6-16(26)11-18(17)27)22-30-31-24(32(22)4)35-12-21(33)28-19-8-5-15(25)10-14(19)3/h5-8,10-11,13,20H,9,12H2,1-4H3,(H,28,33)(H,29,34)/t20-/m0/s1. The number of benzene rings is 2. The molecule has 0 bridgehead atoms. The summed E-state index contributed by atoms with van der Waals surface area (Å²) in [6.45, 7) is 6.06. The van der Waals surface area contributed by atoms with Crippen molar-refractivity contribution in [1.82, 2.24) is 20.1 Å². The molecule has 0 fully saturated rings. The second-order valence-electron chi connectivity index (χ2n) is 8.48. The predicted molar refractivity (Wildman–Crippen MR) is 145 cm³/mol. The lowest BCUT2D eigenvalue weighted by molar-refractivity contribution is -0.113. The van der Waals surface area contributed by atoms with E-state index in [9.17, 15) is 9.59 Å². The van der Waals surface area contributed by atoms with Gasteiger partial charge in [0.1, 0.15) is 0 Å². The summed E-state index contributed by atoms with van der Waals surface area (Å²) in [6, 6.07) is 10.0. The van der Waals surface area contributed by atoms with Gasteiger partial charge in [0.2, 0.25) is 5.91 Å². The van der Waals surface area contributed by atoms with Crippen molar-refractivity contribution in [3.05, 3.63) is 67.9 Å². The maximum atomic E-state index is 12.9. The molecule has 0 radical (unpaired) electrons. The number of aryl methyl sites for hydroxylation is 1. The number of nitrogens with one attached hydrogen (secondary N) is 2. The number of carbonyl (C=O) groups excluding carboxylic acids is 2. The lowest BCUT2D eigenvalue weighted by Crippen LogP contribution is -2.31. The van der Waals surface area contributed by atoms with E-state index in [1.54, 1.807) is 16.7 Å². The van der Waals surface area contributed by atoms with Crippen molar-refractivity contribution in [1.29, 1.82) is 0 Å². The van der Waals surface area contributed by atoms with Crippen molar-refractivity contribution in [3.8, 4) is 0 Å². The number of nitrogens with zero attached hydrogens (tertiary/aromatic N) is 3. The van der Waals surface area contributed by atoms with E-state index < -0.39 is 0 Å². The van der Waals surface area contributed by atoms with Crippen LogP contribution in [0.5, 0.6) is 0 Å². The molecule has 0 aliphatic carbocycles. The third kappa shape index (κ3) is 7.46. The number of hydrogen-bond donors (Lipinski definition) is 2. The van der Waals surface area contributed by atoms with Crippen molar-refractivity contribution in [3.63, 3.8) is 0 Å². The second-order valence-corrected chi connectivity index (χ2v) is 11.2. The molecular weight excluding hydrogens is 573 g/mol. The Morgan fingerprint density at radius 1 is 1.14 bits per heavy atom. The van der Waals surface area contributed by atoms with E-state index in [2.05, 4.69) is 50.6 Å². The van der Waals surface area contributed by atoms with Gasteiger partial charge in [-0.3, -0.25) is 9.59 Å². The van der Waals surface area contributed by atoms with Gasteiger partial charge < -0.3 is 15.2 Å². The van der Waals surface area contributed by atoms with Gasteiger partial charge in [-0.25, -0.2) is 0 Å². The molecule has 0 saturated carbocycles. The maximum Gasteiger partial charge on any atom is 0.253 e. The van der Waals surface area contributed by atoms with Gasteiger partial charge in [-0.1, -0.05) is 64.7 Å². The first-order chi connectivity index (χ1) is 16.5. The molecule has 2 aromatic carbocycles. The van der Waals surface area contributed by atoms with Crippen molar-refractivity contribution in [2.75, 3.05) is 11.1 Å². The molecule has 35 heavy (non-hydrogen) atoms. The van der Waals surface area contributed by atoms with Crippen molar-refractivity contribution >= 4 is 68.4 Å². The Hall–Kier alpha value is -2.07. The summed E-state index contributed by atoms with van der Waals surface area (Å²) in [6.07, 6.45) is 0.650. The van der Waals surface area contributed by atoms with Gasteiger partial charge in [-0.05, 0) is 61.2 Å². The topological polar surface area (TPSA) is 88.9 Å². The summed E-state index contributed by atoms with van der Waals surface area (Å²) in [7, 11) is 1.82. The lowest BCUT2D eigenvalue weighted by Gasteiger charge is -2.20. The molecule has 1 aromatic heterocycles. The highest BCUT2D eigenvalue weighted by molar-refractivity contribution is 9.10. The first-order valence-electron chi connectivity index (χ1n) is 10.9. The number of thioether (sulfide) groups is 1. The van der Waals surface area contributed by atoms with E-state index in [1.165, 1.54) is 17.8 Å². The van der Waals surface area contributed by atoms with Gasteiger partial charge in [-0.15, -0.1) is 10.2 Å². The molecule has 0 spiro atoms. The van der Waals surface area contributed by atoms with Gasteiger partial charge in [0, 0.05) is 22.2 Å². The molecule has 0 unspecified atom stereocenters. The maximum absolute atomic E-state index is 12.9. The summed E-state index contributed by atoms with van der Waals surface area (Å²) in [4.78, 5) is 25.4. The summed E-state index contributed by atoms with van der Waals surface area (Å²) >= 11 is 16.9. The Labute approximate surface area is 227 Å². The molecule has 3 aromatic rings. The fraction of sp³-hybridized carbons (Fsp3) is 0.333. The Balaban J connectivity index is 1.70. The van der Waals surface area contributed by atoms with E-state index in [0.29, 0.717) is 28.0 Å². The molecule has 1 atom stereocenters. The van der Waals surface area contributed by atoms with Crippen molar-refractivity contribution in [2.24, 2.45) is 13.0 Å². The summed E-state index contributed by atoms with van der Waals surface area (Å²) < 4.78 is 2.76. The summed E-state index contributed by atoms with van der Waals surface area (Å²) in [5.74, 6) is 0.592. The van der Waals surface area contributed by atoms with Gasteiger partial charge in [0.25, 0.3) is 5.91 Å². The Bertz CT molecular complexity index is 1230. The highest BCUT2D eigenvalue weighted by Crippen LogP contribution is 2.27. The largest absolute Gasteiger partial charge is 0.342 e. The molecule has 186 valence electrons. The minimum absolute atomic E-state index is 0.144. The molecule has 3 rings (SSSR count). The van der Waals surface area contributed by atoms with E-state index in [4.69, 9.17) is 23.2 Å². The van der Waals surface area contributed by atoms with Crippen LogP contribution in [0.2, 0.25) is 10.0 Å². The van der Waals surface area contributed by atoms with E-state index in [1.807, 2.05) is 32.2 Å². The fourth-order valence-electron chi connectivity index (χ4n) is 3.45. The van der Waals surface area contributed by atoms with Crippen LogP contribution in [0.3, 0.4) is 0 Å². The first-order valence-corrected chi connectivity index (χ1v) is 13.4. The number of rotatable bonds is 9. The number of amides is 2. The number of aromatic nitrogens is 3. The Morgan fingerprint density at radius 3 is 2.54 bits per heavy atom. The molecule has 11 heteroatoms. The highest BCUT2D eigenvalue weighted by atomic mass is 79.9. The van der Waals surface area contributed by atoms with Crippen LogP contribution in [0.4, 0.5) is 5.69 Å². The minimum atomic E-state index is -0.389. The molecule has 2 amide bonds. The molecule has 7 nitrogen and oxygen atoms in total. The number of carbonyl (C=O) groups is 2. The Kier molecular flexibility index (Phi) is 9.63. The van der Waals surface area contributed by atoms with Gasteiger partial charge in [0.15, 0.2) is 11.0 Å². The van der Waals surface area contributed by atoms with Crippen LogP contribution in [0, 0.1) is 12.8 Å². The van der Waals surface area contributed by atoms with Crippen LogP contribution in [0.1, 0.15) is 48.1 Å². The quantitative estimate of drug-likeness (QED) is 0.277. The smallest absolute Gasteiger partial charge is 0.253 e. The van der Waals surface area contributed by atoms with Crippen LogP contribution in [-0.4, -0.2) is 32.3 Å². The Morgan fingerprint density at radius 2 is 1.89 bits per heavy atom. The van der Waals surface area contributed by atoms with E-state index in [-0.39, 0.29) is 34.5 Å². The lowest BCUT2D eigenvalue weighted by atomic mass is 10.0. The van der Waals surface area contributed by atoms with Crippen molar-refractivity contribution < 1.29 is 9.59 Å². The highest BCUT2D eigenvalue weighted by Gasteiger charge is 2.24. The zero-order valence-electron chi connectivity index (χ0n) is 19.7. The minimum Gasteiger partial charge on any atom is -0.342 e. The normalized spacial score (nSPS) is 12.0. The number of halogens is 3. The van der Waals surface area contributed by atoms with Crippen LogP contribution in [0.15, 0.2) is 46.0 Å². The van der Waals surface area contributed by atoms with E-state index >= 15 is 0 Å². The van der Waals surface area contributed by atoms with Crippen molar-refractivity contribution in [2.45, 2.75) is 38.4 Å². The average Bonchev–Trinajstić information content (AvgIpc) is 3.13. The molecule has 2 N–H and O–H groups in total. The molecule has 1 heterocycles. The predicted octanol–water partition coefficient (Wildman–Crippen LogP) is 6.44. The van der Waals surface area contributed by atoms with Crippen LogP contribution in [-0.2, 0) is 11.8 Å². The first kappa shape index (κ1) is 27.5. The zero-order chi connectivity index (χ0) is 25.7. The van der Waals surface area contributed by atoms with E-state index in [0.717, 1.165) is 15.7 Å². The summed E-state index contributed by atoms with van der Waals surface area (Å²) in [5, 5.41) is 15.8. The molecular formula is C24H26BrCl2N5O2S. The monoisotopic (exact) mass is 597 g/mol. The number of anilines is 1. The van der Waals surface area contributed by atoms with Crippen LogP contribution < -0.4 is 10.6 Å².